The Hall–Kier alpha value is -0.970. The first-order valence-corrected chi connectivity index (χ1v) is 2.96. The average molecular weight is 125 g/mol. The van der Waals surface area contributed by atoms with E-state index in [1.165, 1.54) is 0 Å². The van der Waals surface area contributed by atoms with Crippen molar-refractivity contribution in [2.45, 2.75) is 26.3 Å². The van der Waals surface area contributed by atoms with Crippen molar-refractivity contribution < 1.29 is 4.79 Å². The summed E-state index contributed by atoms with van der Waals surface area (Å²) in [5.74, 6) is 2.40. The minimum atomic E-state index is -0.141. The van der Waals surface area contributed by atoms with Crippen molar-refractivity contribution in [3.05, 3.63) is 0 Å². The number of hydrogen-bond donors (Lipinski definition) is 1. The van der Waals surface area contributed by atoms with Crippen molar-refractivity contribution in [3.8, 4) is 12.3 Å². The van der Waals surface area contributed by atoms with Crippen LogP contribution in [-0.4, -0.2) is 11.9 Å². The molecular weight excluding hydrogens is 114 g/mol. The predicted octanol–water partition coefficient (Wildman–Crippen LogP) is 0.534. The molecule has 0 aromatic carbocycles. The number of terminal acetylenes is 1. The summed E-state index contributed by atoms with van der Waals surface area (Å²) in [6, 6.07) is -0.141. The van der Waals surface area contributed by atoms with Crippen LogP contribution in [0.15, 0.2) is 0 Å². The molecule has 0 aromatic heterocycles. The number of hydrogen-bond acceptors (Lipinski definition) is 1. The zero-order chi connectivity index (χ0) is 7.28. The van der Waals surface area contributed by atoms with E-state index < -0.39 is 0 Å². The quantitative estimate of drug-likeness (QED) is 0.536. The second-order valence-corrected chi connectivity index (χ2v) is 1.81. The zero-order valence-electron chi connectivity index (χ0n) is 5.77. The Morgan fingerprint density at radius 2 is 2.44 bits per heavy atom. The monoisotopic (exact) mass is 125 g/mol. The number of nitrogens with one attached hydrogen (secondary N) is 1. The fraction of sp³-hybridized carbons (Fsp3) is 0.571. The Kier molecular flexibility index (Phi) is 3.54. The summed E-state index contributed by atoms with van der Waals surface area (Å²) in [5.41, 5.74) is 0. The van der Waals surface area contributed by atoms with Crippen molar-refractivity contribution in [2.24, 2.45) is 0 Å². The summed E-state index contributed by atoms with van der Waals surface area (Å²) in [5, 5.41) is 2.60. The van der Waals surface area contributed by atoms with Crippen LogP contribution < -0.4 is 5.32 Å². The summed E-state index contributed by atoms with van der Waals surface area (Å²) in [7, 11) is 0. The molecule has 0 rings (SSSR count). The zero-order valence-corrected chi connectivity index (χ0v) is 5.77. The molecule has 50 valence electrons. The first-order valence-electron chi connectivity index (χ1n) is 2.96. The van der Waals surface area contributed by atoms with Gasteiger partial charge < -0.3 is 5.32 Å². The van der Waals surface area contributed by atoms with Crippen LogP contribution in [0.2, 0.25) is 0 Å². The summed E-state index contributed by atoms with van der Waals surface area (Å²) >= 11 is 0. The standard InChI is InChI=1S/C7H11NO/c1-4-6(3)8-7(9)5-2/h1,6H,5H2,2-3H3,(H,8,9). The maximum atomic E-state index is 10.6. The van der Waals surface area contributed by atoms with E-state index in [0.717, 1.165) is 0 Å². The lowest BCUT2D eigenvalue weighted by Crippen LogP contribution is -2.30. The molecule has 1 atom stereocenters. The van der Waals surface area contributed by atoms with E-state index in [-0.39, 0.29) is 11.9 Å². The fourth-order valence-corrected chi connectivity index (χ4v) is 0.385. The first-order chi connectivity index (χ1) is 4.20. The Morgan fingerprint density at radius 1 is 1.89 bits per heavy atom. The van der Waals surface area contributed by atoms with Gasteiger partial charge in [-0.25, -0.2) is 0 Å². The van der Waals surface area contributed by atoms with Crippen molar-refractivity contribution >= 4 is 5.91 Å². The third kappa shape index (κ3) is 3.60. The second kappa shape index (κ2) is 3.96. The highest BCUT2D eigenvalue weighted by Crippen LogP contribution is 1.79. The van der Waals surface area contributed by atoms with E-state index in [0.29, 0.717) is 6.42 Å². The molecule has 0 saturated heterocycles. The van der Waals surface area contributed by atoms with Crippen molar-refractivity contribution in [2.75, 3.05) is 0 Å². The molecule has 2 heteroatoms. The van der Waals surface area contributed by atoms with E-state index in [9.17, 15) is 4.79 Å². The van der Waals surface area contributed by atoms with Crippen LogP contribution in [0.1, 0.15) is 20.3 Å². The molecule has 0 radical (unpaired) electrons. The van der Waals surface area contributed by atoms with Crippen molar-refractivity contribution in [1.82, 2.24) is 5.32 Å². The van der Waals surface area contributed by atoms with Crippen LogP contribution in [0, 0.1) is 12.3 Å². The third-order valence-corrected chi connectivity index (χ3v) is 0.949. The molecule has 9 heavy (non-hydrogen) atoms. The van der Waals surface area contributed by atoms with E-state index >= 15 is 0 Å². The van der Waals surface area contributed by atoms with Crippen LogP contribution in [0.4, 0.5) is 0 Å². The van der Waals surface area contributed by atoms with Crippen LogP contribution in [0.25, 0.3) is 0 Å². The van der Waals surface area contributed by atoms with Crippen LogP contribution in [0.5, 0.6) is 0 Å². The van der Waals surface area contributed by atoms with E-state index in [4.69, 9.17) is 6.42 Å². The van der Waals surface area contributed by atoms with Gasteiger partial charge in [0, 0.05) is 6.42 Å². The fourth-order valence-electron chi connectivity index (χ4n) is 0.385. The maximum absolute atomic E-state index is 10.6. The third-order valence-electron chi connectivity index (χ3n) is 0.949. The van der Waals surface area contributed by atoms with Crippen LogP contribution >= 0.6 is 0 Å². The smallest absolute Gasteiger partial charge is 0.220 e. The van der Waals surface area contributed by atoms with E-state index in [2.05, 4.69) is 11.2 Å². The first kappa shape index (κ1) is 8.03. The number of amides is 1. The van der Waals surface area contributed by atoms with Crippen LogP contribution in [0.3, 0.4) is 0 Å². The highest BCUT2D eigenvalue weighted by Gasteiger charge is 1.98. The normalized spacial score (nSPS) is 11.7. The molecule has 0 bridgehead atoms. The Bertz CT molecular complexity index is 134. The molecular formula is C7H11NO. The van der Waals surface area contributed by atoms with Gasteiger partial charge in [-0.2, -0.15) is 0 Å². The average Bonchev–Trinajstić information content (AvgIpc) is 1.87. The van der Waals surface area contributed by atoms with Gasteiger partial charge >= 0.3 is 0 Å². The summed E-state index contributed by atoms with van der Waals surface area (Å²) < 4.78 is 0. The molecule has 0 aromatic rings. The molecule has 0 saturated carbocycles. The molecule has 1 amide bonds. The SMILES string of the molecule is C#CC(C)NC(=O)CC. The van der Waals surface area contributed by atoms with E-state index in [1.807, 2.05) is 0 Å². The van der Waals surface area contributed by atoms with Gasteiger partial charge in [0.1, 0.15) is 0 Å². The minimum absolute atomic E-state index is 0.000417. The molecule has 0 fully saturated rings. The number of rotatable bonds is 2. The highest BCUT2D eigenvalue weighted by molar-refractivity contribution is 5.76. The summed E-state index contributed by atoms with van der Waals surface area (Å²) in [4.78, 5) is 10.6. The van der Waals surface area contributed by atoms with Gasteiger partial charge in [0.05, 0.1) is 6.04 Å². The van der Waals surface area contributed by atoms with Gasteiger partial charge in [0.15, 0.2) is 0 Å². The predicted molar refractivity (Wildman–Crippen MR) is 36.7 cm³/mol. The Labute approximate surface area is 55.6 Å². The van der Waals surface area contributed by atoms with E-state index in [1.54, 1.807) is 13.8 Å². The summed E-state index contributed by atoms with van der Waals surface area (Å²) in [6.45, 7) is 3.56. The molecule has 1 unspecified atom stereocenters. The lowest BCUT2D eigenvalue weighted by molar-refractivity contribution is -0.121. The van der Waals surface area contributed by atoms with Crippen molar-refractivity contribution in [3.63, 3.8) is 0 Å². The lowest BCUT2D eigenvalue weighted by Gasteiger charge is -2.04. The molecule has 2 nitrogen and oxygen atoms in total. The van der Waals surface area contributed by atoms with Gasteiger partial charge in [-0.05, 0) is 6.92 Å². The van der Waals surface area contributed by atoms with Gasteiger partial charge in [-0.15, -0.1) is 6.42 Å². The second-order valence-electron chi connectivity index (χ2n) is 1.81. The summed E-state index contributed by atoms with van der Waals surface area (Å²) in [6.07, 6.45) is 5.50. The number of carbonyl (C=O) groups is 1. The number of carbonyl (C=O) groups excluding carboxylic acids is 1. The van der Waals surface area contributed by atoms with Gasteiger partial charge in [0.2, 0.25) is 5.91 Å². The molecule has 0 aliphatic rings. The molecule has 0 spiro atoms. The molecule has 1 N–H and O–H groups in total. The molecule has 0 aliphatic heterocycles. The Balaban J connectivity index is 3.50. The lowest BCUT2D eigenvalue weighted by atomic mass is 10.3. The highest BCUT2D eigenvalue weighted by atomic mass is 16.1. The van der Waals surface area contributed by atoms with Gasteiger partial charge in [-0.3, -0.25) is 4.79 Å². The van der Waals surface area contributed by atoms with Crippen LogP contribution in [-0.2, 0) is 4.79 Å². The topological polar surface area (TPSA) is 29.1 Å². The Morgan fingerprint density at radius 3 is 2.78 bits per heavy atom. The van der Waals surface area contributed by atoms with Crippen molar-refractivity contribution in [1.29, 1.82) is 0 Å². The molecule has 0 heterocycles. The maximum Gasteiger partial charge on any atom is 0.220 e. The molecule has 0 aliphatic carbocycles. The largest absolute Gasteiger partial charge is 0.343 e. The van der Waals surface area contributed by atoms with Gasteiger partial charge in [0.25, 0.3) is 0 Å². The minimum Gasteiger partial charge on any atom is -0.343 e. The van der Waals surface area contributed by atoms with Gasteiger partial charge in [-0.1, -0.05) is 12.8 Å².